The summed E-state index contributed by atoms with van der Waals surface area (Å²) in [7, 11) is 0. The Labute approximate surface area is 145 Å². The van der Waals surface area contributed by atoms with E-state index in [1.165, 1.54) is 18.2 Å². The van der Waals surface area contributed by atoms with Crippen molar-refractivity contribution in [2.24, 2.45) is 5.92 Å². The first kappa shape index (κ1) is 19.4. The van der Waals surface area contributed by atoms with E-state index in [1.54, 1.807) is 0 Å². The quantitative estimate of drug-likeness (QED) is 0.745. The Hall–Kier alpha value is -2.91. The molecule has 1 aliphatic rings. The number of carbonyl (C=O) groups is 4. The van der Waals surface area contributed by atoms with Crippen LogP contribution in [0.1, 0.15) is 17.5 Å². The van der Waals surface area contributed by atoms with Crippen molar-refractivity contribution in [1.29, 1.82) is 0 Å². The summed E-state index contributed by atoms with van der Waals surface area (Å²) in [6, 6.07) is 4.70. The van der Waals surface area contributed by atoms with Crippen molar-refractivity contribution in [2.75, 3.05) is 13.1 Å². The van der Waals surface area contributed by atoms with E-state index in [0.717, 1.165) is 11.0 Å². The van der Waals surface area contributed by atoms with Gasteiger partial charge in [-0.05, 0) is 11.6 Å². The molecule has 1 aromatic carbocycles. The Bertz CT molecular complexity index is 748. The van der Waals surface area contributed by atoms with Crippen molar-refractivity contribution >= 4 is 23.6 Å². The van der Waals surface area contributed by atoms with Gasteiger partial charge in [0.05, 0.1) is 5.56 Å². The maximum Gasteiger partial charge on any atom is 0.416 e. The smallest absolute Gasteiger partial charge is 0.416 e. The molecule has 0 saturated carbocycles. The highest BCUT2D eigenvalue weighted by atomic mass is 19.4. The fourth-order valence-electron chi connectivity index (χ4n) is 2.64. The van der Waals surface area contributed by atoms with E-state index in [4.69, 9.17) is 5.11 Å². The summed E-state index contributed by atoms with van der Waals surface area (Å²) in [5.74, 6) is -5.82. The van der Waals surface area contributed by atoms with Crippen LogP contribution in [-0.4, -0.2) is 46.7 Å². The SMILES string of the molecule is O=C(O)CNC(=O)C1C(=O)CCN(Cc2ccccc2C(F)(F)F)C1=O. The number of aliphatic carboxylic acids is 1. The van der Waals surface area contributed by atoms with Crippen LogP contribution in [0.5, 0.6) is 0 Å². The van der Waals surface area contributed by atoms with E-state index in [2.05, 4.69) is 0 Å². The van der Waals surface area contributed by atoms with E-state index in [9.17, 15) is 32.3 Å². The number of nitrogens with zero attached hydrogens (tertiary/aromatic N) is 1. The summed E-state index contributed by atoms with van der Waals surface area (Å²) in [4.78, 5) is 47.7. The monoisotopic (exact) mass is 372 g/mol. The molecule has 140 valence electrons. The number of Topliss-reactive ketones (excluding diaryl/α,β-unsaturated/α-hetero) is 1. The lowest BCUT2D eigenvalue weighted by Gasteiger charge is -2.31. The normalized spacial score (nSPS) is 18.0. The lowest BCUT2D eigenvalue weighted by molar-refractivity contribution is -0.153. The summed E-state index contributed by atoms with van der Waals surface area (Å²) in [5.41, 5.74) is -1.07. The zero-order valence-corrected chi connectivity index (χ0v) is 13.4. The molecule has 1 aliphatic heterocycles. The highest BCUT2D eigenvalue weighted by molar-refractivity contribution is 6.19. The number of benzene rings is 1. The molecule has 2 amide bonds. The van der Waals surface area contributed by atoms with Crippen LogP contribution >= 0.6 is 0 Å². The fourth-order valence-corrected chi connectivity index (χ4v) is 2.64. The first-order valence-electron chi connectivity index (χ1n) is 7.57. The van der Waals surface area contributed by atoms with E-state index >= 15 is 0 Å². The number of alkyl halides is 3. The lowest BCUT2D eigenvalue weighted by Crippen LogP contribution is -2.52. The lowest BCUT2D eigenvalue weighted by atomic mass is 9.93. The molecule has 10 heteroatoms. The van der Waals surface area contributed by atoms with Gasteiger partial charge in [-0.1, -0.05) is 18.2 Å². The zero-order chi connectivity index (χ0) is 19.5. The highest BCUT2D eigenvalue weighted by Gasteiger charge is 2.41. The molecular formula is C16H15F3N2O5. The summed E-state index contributed by atoms with van der Waals surface area (Å²) < 4.78 is 39.2. The fraction of sp³-hybridized carbons (Fsp3) is 0.375. The molecule has 0 radical (unpaired) electrons. The maximum absolute atomic E-state index is 13.1. The molecular weight excluding hydrogens is 357 g/mol. The van der Waals surface area contributed by atoms with Gasteiger partial charge in [-0.2, -0.15) is 13.2 Å². The van der Waals surface area contributed by atoms with Crippen LogP contribution in [0.25, 0.3) is 0 Å². The van der Waals surface area contributed by atoms with Gasteiger partial charge in [0.25, 0.3) is 0 Å². The van der Waals surface area contributed by atoms with Crippen molar-refractivity contribution in [1.82, 2.24) is 10.2 Å². The molecule has 1 atom stereocenters. The Morgan fingerprint density at radius 3 is 2.50 bits per heavy atom. The van der Waals surface area contributed by atoms with Crippen LogP contribution in [0.4, 0.5) is 13.2 Å². The summed E-state index contributed by atoms with van der Waals surface area (Å²) in [6.07, 6.45) is -4.81. The van der Waals surface area contributed by atoms with Crippen molar-refractivity contribution in [3.05, 3.63) is 35.4 Å². The second-order valence-corrected chi connectivity index (χ2v) is 5.68. The number of ketones is 1. The molecule has 0 aromatic heterocycles. The molecule has 1 aromatic rings. The Morgan fingerprint density at radius 2 is 1.88 bits per heavy atom. The number of nitrogens with one attached hydrogen (secondary N) is 1. The molecule has 7 nitrogen and oxygen atoms in total. The van der Waals surface area contributed by atoms with Gasteiger partial charge in [0.1, 0.15) is 6.54 Å². The Balaban J connectivity index is 2.19. The summed E-state index contributed by atoms with van der Waals surface area (Å²) in [5, 5.41) is 10.5. The van der Waals surface area contributed by atoms with Crippen LogP contribution < -0.4 is 5.32 Å². The molecule has 0 bridgehead atoms. The molecule has 2 rings (SSSR count). The van der Waals surface area contributed by atoms with Crippen molar-refractivity contribution in [3.8, 4) is 0 Å². The van der Waals surface area contributed by atoms with Crippen LogP contribution in [0, 0.1) is 5.92 Å². The molecule has 0 spiro atoms. The van der Waals surface area contributed by atoms with Gasteiger partial charge in [0.2, 0.25) is 11.8 Å². The van der Waals surface area contributed by atoms with Crippen LogP contribution in [-0.2, 0) is 31.9 Å². The second-order valence-electron chi connectivity index (χ2n) is 5.68. The number of hydrogen-bond acceptors (Lipinski definition) is 4. The number of carbonyl (C=O) groups excluding carboxylic acids is 3. The average Bonchev–Trinajstić information content (AvgIpc) is 2.55. The first-order valence-corrected chi connectivity index (χ1v) is 7.57. The number of amides is 2. The van der Waals surface area contributed by atoms with Gasteiger partial charge in [0, 0.05) is 19.5 Å². The summed E-state index contributed by atoms with van der Waals surface area (Å²) in [6.45, 7) is -1.30. The van der Waals surface area contributed by atoms with Gasteiger partial charge in [-0.15, -0.1) is 0 Å². The van der Waals surface area contributed by atoms with E-state index < -0.39 is 54.3 Å². The number of piperidine rings is 1. The number of rotatable bonds is 5. The third kappa shape index (κ3) is 4.38. The molecule has 1 unspecified atom stereocenters. The molecule has 1 fully saturated rings. The first-order chi connectivity index (χ1) is 12.1. The van der Waals surface area contributed by atoms with Crippen molar-refractivity contribution in [3.63, 3.8) is 0 Å². The van der Waals surface area contributed by atoms with Crippen molar-refractivity contribution < 1.29 is 37.5 Å². The largest absolute Gasteiger partial charge is 0.480 e. The number of halogens is 3. The number of hydrogen-bond donors (Lipinski definition) is 2. The molecule has 2 N–H and O–H groups in total. The minimum absolute atomic E-state index is 0.118. The maximum atomic E-state index is 13.1. The number of likely N-dealkylation sites (tertiary alicyclic amines) is 1. The average molecular weight is 372 g/mol. The third-order valence-corrected chi connectivity index (χ3v) is 3.87. The molecule has 26 heavy (non-hydrogen) atoms. The minimum Gasteiger partial charge on any atom is -0.480 e. The van der Waals surface area contributed by atoms with Crippen LogP contribution in [0.3, 0.4) is 0 Å². The Morgan fingerprint density at radius 1 is 1.23 bits per heavy atom. The van der Waals surface area contributed by atoms with Gasteiger partial charge in [-0.25, -0.2) is 0 Å². The predicted octanol–water partition coefficient (Wildman–Crippen LogP) is 0.824. The van der Waals surface area contributed by atoms with Crippen molar-refractivity contribution in [2.45, 2.75) is 19.1 Å². The topological polar surface area (TPSA) is 104 Å². The van der Waals surface area contributed by atoms with Crippen LogP contribution in [0.2, 0.25) is 0 Å². The van der Waals surface area contributed by atoms with Gasteiger partial charge in [0.15, 0.2) is 11.7 Å². The zero-order valence-electron chi connectivity index (χ0n) is 13.4. The molecule has 0 aliphatic carbocycles. The molecule has 1 heterocycles. The minimum atomic E-state index is -4.61. The number of carboxylic acids is 1. The second kappa shape index (κ2) is 7.54. The van der Waals surface area contributed by atoms with Gasteiger partial charge < -0.3 is 15.3 Å². The van der Waals surface area contributed by atoms with Gasteiger partial charge in [-0.3, -0.25) is 19.2 Å². The predicted molar refractivity (Wildman–Crippen MR) is 80.6 cm³/mol. The summed E-state index contributed by atoms with van der Waals surface area (Å²) >= 11 is 0. The van der Waals surface area contributed by atoms with E-state index in [1.807, 2.05) is 5.32 Å². The molecule has 1 saturated heterocycles. The van der Waals surface area contributed by atoms with E-state index in [-0.39, 0.29) is 18.5 Å². The highest BCUT2D eigenvalue weighted by Crippen LogP contribution is 2.33. The Kier molecular flexibility index (Phi) is 5.63. The third-order valence-electron chi connectivity index (χ3n) is 3.87. The number of carboxylic acid groups (broad SMARTS) is 1. The standard InChI is InChI=1S/C16H15F3N2O5/c17-16(18,19)10-4-2-1-3-9(10)8-21-6-5-11(22)13(15(21)26)14(25)20-7-12(23)24/h1-4,13H,5-8H2,(H,20,25)(H,23,24). The van der Waals surface area contributed by atoms with Crippen LogP contribution in [0.15, 0.2) is 24.3 Å². The van der Waals surface area contributed by atoms with Gasteiger partial charge >= 0.3 is 12.1 Å². The van der Waals surface area contributed by atoms with E-state index in [0.29, 0.717) is 0 Å².